The van der Waals surface area contributed by atoms with Gasteiger partial charge >= 0.3 is 86.3 Å². The summed E-state index contributed by atoms with van der Waals surface area (Å²) in [5.41, 5.74) is 1.07. The number of fused-ring (bicyclic) bond motifs is 1. The van der Waals surface area contributed by atoms with Crippen LogP contribution in [0.3, 0.4) is 0 Å². The van der Waals surface area contributed by atoms with Crippen LogP contribution < -0.4 is 8.79 Å². The molecule has 1 aliphatic rings. The van der Waals surface area contributed by atoms with Crippen molar-refractivity contribution in [3.63, 3.8) is 0 Å². The number of nitrogens with one attached hydrogen (secondary N) is 1. The third-order valence-corrected chi connectivity index (χ3v) is 7.78. The van der Waals surface area contributed by atoms with E-state index in [1.165, 1.54) is 4.46 Å². The molecule has 0 bridgehead atoms. The molecule has 0 amide bonds. The molecule has 1 heterocycles. The van der Waals surface area contributed by atoms with Crippen LogP contribution in [0.4, 0.5) is 5.69 Å². The van der Waals surface area contributed by atoms with E-state index in [1.807, 2.05) is 6.07 Å². The number of benzene rings is 1. The molecular formula is C6H3Cl2NSe2. The van der Waals surface area contributed by atoms with E-state index in [0.717, 1.165) is 5.69 Å². The van der Waals surface area contributed by atoms with E-state index in [-0.39, 0.29) is 0 Å². The van der Waals surface area contributed by atoms with Crippen molar-refractivity contribution in [1.82, 2.24) is 0 Å². The molecule has 2 rings (SSSR count). The molecule has 1 aliphatic heterocycles. The fourth-order valence-electron chi connectivity index (χ4n) is 0.805. The zero-order valence-electron chi connectivity index (χ0n) is 5.23. The Morgan fingerprint density at radius 1 is 1.27 bits per heavy atom. The Bertz CT molecular complexity index is 303. The molecule has 0 spiro atoms. The van der Waals surface area contributed by atoms with Crippen LogP contribution in [-0.4, -0.2) is 26.5 Å². The first-order chi connectivity index (χ1) is 5.29. The Morgan fingerprint density at radius 3 is 2.91 bits per heavy atom. The first kappa shape index (κ1) is 8.25. The van der Waals surface area contributed by atoms with E-state index in [1.54, 1.807) is 0 Å². The summed E-state index contributed by atoms with van der Waals surface area (Å²) >= 11 is 12.9. The van der Waals surface area contributed by atoms with Crippen molar-refractivity contribution in [2.45, 2.75) is 0 Å². The average Bonchev–Trinajstić information content (AvgIpc) is 2.45. The minimum atomic E-state index is 0.531. The van der Waals surface area contributed by atoms with Gasteiger partial charge in [0.1, 0.15) is 0 Å². The summed E-state index contributed by atoms with van der Waals surface area (Å²) in [7, 11) is 0. The fourth-order valence-corrected chi connectivity index (χ4v) is 7.26. The molecule has 1 aromatic rings. The molecule has 0 aromatic heterocycles. The van der Waals surface area contributed by atoms with E-state index in [2.05, 4.69) is 10.4 Å². The van der Waals surface area contributed by atoms with Gasteiger partial charge in [-0.2, -0.15) is 0 Å². The molecule has 0 saturated heterocycles. The van der Waals surface area contributed by atoms with Gasteiger partial charge in [-0.15, -0.1) is 0 Å². The third-order valence-electron chi connectivity index (χ3n) is 1.33. The van der Waals surface area contributed by atoms with Crippen LogP contribution in [-0.2, 0) is 0 Å². The van der Waals surface area contributed by atoms with Gasteiger partial charge in [-0.3, -0.25) is 0 Å². The molecule has 0 saturated carbocycles. The second-order valence-corrected chi connectivity index (χ2v) is 8.47. The van der Waals surface area contributed by atoms with Crippen molar-refractivity contribution in [3.05, 3.63) is 22.2 Å². The SMILES string of the molecule is Clc1ccc2c(c1Cl)N[Se][Se]2. The molecule has 0 atom stereocenters. The van der Waals surface area contributed by atoms with Gasteiger partial charge in [-0.05, 0) is 0 Å². The van der Waals surface area contributed by atoms with Gasteiger partial charge < -0.3 is 0 Å². The van der Waals surface area contributed by atoms with Crippen molar-refractivity contribution in [1.29, 1.82) is 0 Å². The fraction of sp³-hybridized carbons (Fsp3) is 0. The van der Waals surface area contributed by atoms with Crippen LogP contribution in [0.1, 0.15) is 0 Å². The zero-order chi connectivity index (χ0) is 7.84. The second kappa shape index (κ2) is 3.18. The predicted molar refractivity (Wildman–Crippen MR) is 51.2 cm³/mol. The van der Waals surface area contributed by atoms with Gasteiger partial charge in [0.25, 0.3) is 0 Å². The Balaban J connectivity index is 2.62. The molecule has 11 heavy (non-hydrogen) atoms. The maximum absolute atomic E-state index is 5.96. The minimum absolute atomic E-state index is 0.531. The second-order valence-electron chi connectivity index (χ2n) is 2.00. The summed E-state index contributed by atoms with van der Waals surface area (Å²) < 4.78 is 4.64. The Labute approximate surface area is 85.9 Å². The Morgan fingerprint density at radius 2 is 2.09 bits per heavy atom. The normalized spacial score (nSPS) is 14.4. The molecular weight excluding hydrogens is 315 g/mol. The molecule has 58 valence electrons. The summed E-state index contributed by atoms with van der Waals surface area (Å²) in [6.07, 6.45) is 0. The van der Waals surface area contributed by atoms with Gasteiger partial charge in [0, 0.05) is 0 Å². The predicted octanol–water partition coefficient (Wildman–Crippen LogP) is 1.28. The van der Waals surface area contributed by atoms with Crippen LogP contribution in [0, 0.1) is 0 Å². The first-order valence-corrected chi connectivity index (χ1v) is 9.67. The quantitative estimate of drug-likeness (QED) is 0.711. The van der Waals surface area contributed by atoms with Gasteiger partial charge in [-0.25, -0.2) is 0 Å². The molecule has 1 aromatic carbocycles. The summed E-state index contributed by atoms with van der Waals surface area (Å²) in [4.78, 5) is 0. The topological polar surface area (TPSA) is 12.0 Å². The average molecular weight is 318 g/mol. The third kappa shape index (κ3) is 1.42. The van der Waals surface area contributed by atoms with Gasteiger partial charge in [0.15, 0.2) is 0 Å². The van der Waals surface area contributed by atoms with E-state index in [4.69, 9.17) is 23.2 Å². The van der Waals surface area contributed by atoms with Crippen molar-refractivity contribution >= 4 is 59.8 Å². The summed E-state index contributed by atoms with van der Waals surface area (Å²) in [5, 5.41) is 1.33. The Kier molecular flexibility index (Phi) is 2.38. The summed E-state index contributed by atoms with van der Waals surface area (Å²) in [6.45, 7) is 0. The van der Waals surface area contributed by atoms with E-state index in [9.17, 15) is 0 Å². The van der Waals surface area contributed by atoms with E-state index >= 15 is 0 Å². The molecule has 5 heteroatoms. The molecule has 1 nitrogen and oxygen atoms in total. The van der Waals surface area contributed by atoms with Crippen molar-refractivity contribution in [2.75, 3.05) is 4.33 Å². The molecule has 1 N–H and O–H groups in total. The van der Waals surface area contributed by atoms with Gasteiger partial charge in [0.05, 0.1) is 0 Å². The zero-order valence-corrected chi connectivity index (χ0v) is 10.2. The van der Waals surface area contributed by atoms with Crippen molar-refractivity contribution < 1.29 is 0 Å². The van der Waals surface area contributed by atoms with Gasteiger partial charge in [-0.1, -0.05) is 0 Å². The molecule has 0 aliphatic carbocycles. The molecule has 0 unspecified atom stereocenters. The number of hydrogen-bond acceptors (Lipinski definition) is 1. The van der Waals surface area contributed by atoms with Crippen LogP contribution in [0.25, 0.3) is 0 Å². The number of hydrogen-bond donors (Lipinski definition) is 1. The van der Waals surface area contributed by atoms with Crippen LogP contribution in [0.2, 0.25) is 10.0 Å². The number of anilines is 1. The summed E-state index contributed by atoms with van der Waals surface area (Å²) in [6, 6.07) is 3.93. The first-order valence-electron chi connectivity index (χ1n) is 2.86. The molecule has 0 fully saturated rings. The van der Waals surface area contributed by atoms with Crippen LogP contribution in [0.15, 0.2) is 12.1 Å². The van der Waals surface area contributed by atoms with E-state index in [0.29, 0.717) is 36.5 Å². The maximum atomic E-state index is 5.96. The van der Waals surface area contributed by atoms with Crippen molar-refractivity contribution in [3.8, 4) is 0 Å². The standard InChI is InChI=1S/C6H3Cl2NSe2/c7-3-1-2-4-6(5(3)8)9-11-10-4/h1-2,9H. The Hall–Kier alpha value is 0.639. The van der Waals surface area contributed by atoms with Crippen LogP contribution in [0.5, 0.6) is 0 Å². The van der Waals surface area contributed by atoms with Gasteiger partial charge in [0.2, 0.25) is 0 Å². The monoisotopic (exact) mass is 319 g/mol. The number of halogens is 2. The van der Waals surface area contributed by atoms with E-state index < -0.39 is 0 Å². The summed E-state index contributed by atoms with van der Waals surface area (Å²) in [5.74, 6) is 0. The van der Waals surface area contributed by atoms with Crippen molar-refractivity contribution in [2.24, 2.45) is 0 Å². The molecule has 0 radical (unpaired) electrons. The van der Waals surface area contributed by atoms with Crippen LogP contribution >= 0.6 is 23.2 Å². The number of rotatable bonds is 0.